The molecular weight excluding hydrogens is 376 g/mol. The molecule has 0 amide bonds. The summed E-state index contributed by atoms with van der Waals surface area (Å²) in [7, 11) is 2.93. The van der Waals surface area contributed by atoms with Crippen molar-refractivity contribution in [1.82, 2.24) is 9.97 Å². The predicted molar refractivity (Wildman–Crippen MR) is 106 cm³/mol. The Morgan fingerprint density at radius 1 is 1.07 bits per heavy atom. The number of carbonyl (C=O) groups excluding carboxylic acids is 2. The summed E-state index contributed by atoms with van der Waals surface area (Å²) in [4.78, 5) is 43.5. The highest BCUT2D eigenvalue weighted by Crippen LogP contribution is 2.24. The number of aromatic amines is 1. The van der Waals surface area contributed by atoms with Crippen molar-refractivity contribution in [2.45, 2.75) is 12.8 Å². The first-order chi connectivity index (χ1) is 14.0. The number of nitrogens with one attached hydrogen (secondary N) is 1. The fraction of sp³-hybridized carbons (Fsp3) is 0.238. The zero-order valence-electron chi connectivity index (χ0n) is 16.1. The van der Waals surface area contributed by atoms with Crippen LogP contribution in [0.4, 0.5) is 0 Å². The number of methoxy groups -OCH3 is 2. The summed E-state index contributed by atoms with van der Waals surface area (Å²) in [6, 6.07) is 11.7. The molecule has 0 atom stereocenters. The quantitative estimate of drug-likeness (QED) is 0.460. The molecule has 8 nitrogen and oxygen atoms in total. The van der Waals surface area contributed by atoms with Gasteiger partial charge in [0, 0.05) is 6.42 Å². The molecule has 1 N–H and O–H groups in total. The number of aryl methyl sites for hydroxylation is 1. The summed E-state index contributed by atoms with van der Waals surface area (Å²) in [5.41, 5.74) is 0.555. The van der Waals surface area contributed by atoms with Crippen LogP contribution in [0.15, 0.2) is 47.3 Å². The van der Waals surface area contributed by atoms with Crippen molar-refractivity contribution in [2.75, 3.05) is 20.8 Å². The lowest BCUT2D eigenvalue weighted by molar-refractivity contribution is -0.142. The normalized spacial score (nSPS) is 10.6. The average Bonchev–Trinajstić information content (AvgIpc) is 2.75. The van der Waals surface area contributed by atoms with E-state index < -0.39 is 18.4 Å². The number of carbonyl (C=O) groups is 2. The highest BCUT2D eigenvalue weighted by atomic mass is 16.5. The molecule has 0 bridgehead atoms. The van der Waals surface area contributed by atoms with E-state index in [4.69, 9.17) is 14.2 Å². The van der Waals surface area contributed by atoms with Gasteiger partial charge in [0.05, 0.1) is 37.1 Å². The van der Waals surface area contributed by atoms with Crippen LogP contribution in [0.2, 0.25) is 0 Å². The zero-order valence-corrected chi connectivity index (χ0v) is 16.1. The van der Waals surface area contributed by atoms with Crippen LogP contribution in [0.3, 0.4) is 0 Å². The van der Waals surface area contributed by atoms with Gasteiger partial charge < -0.3 is 19.2 Å². The van der Waals surface area contributed by atoms with E-state index >= 15 is 0 Å². The van der Waals surface area contributed by atoms with Gasteiger partial charge in [-0.25, -0.2) is 4.98 Å². The maximum Gasteiger partial charge on any atom is 0.306 e. The van der Waals surface area contributed by atoms with Gasteiger partial charge in [0.1, 0.15) is 17.3 Å². The van der Waals surface area contributed by atoms with Crippen molar-refractivity contribution in [3.63, 3.8) is 0 Å². The first-order valence-corrected chi connectivity index (χ1v) is 8.90. The molecule has 0 spiro atoms. The molecule has 3 aromatic rings. The number of aromatic nitrogens is 2. The topological polar surface area (TPSA) is 108 Å². The third-order valence-electron chi connectivity index (χ3n) is 4.30. The van der Waals surface area contributed by atoms with Crippen LogP contribution in [0.1, 0.15) is 22.6 Å². The number of H-pyrrole nitrogens is 1. The van der Waals surface area contributed by atoms with E-state index in [9.17, 15) is 14.4 Å². The van der Waals surface area contributed by atoms with Gasteiger partial charge in [-0.05, 0) is 30.3 Å². The summed E-state index contributed by atoms with van der Waals surface area (Å²) < 4.78 is 15.3. The minimum atomic E-state index is -0.573. The van der Waals surface area contributed by atoms with Crippen LogP contribution < -0.4 is 15.0 Å². The molecule has 29 heavy (non-hydrogen) atoms. The standard InChI is InChI=1S/C21H20N2O6/c1-27-13-7-8-18(28-2)15(11-13)17(24)12-29-20(25)10-9-19-22-16-6-4-3-5-14(16)21(26)23-19/h3-8,11H,9-10,12H2,1-2H3,(H,22,23,26). The van der Waals surface area contributed by atoms with Crippen molar-refractivity contribution in [3.05, 3.63) is 64.2 Å². The molecule has 1 heterocycles. The SMILES string of the molecule is COc1ccc(OC)c(C(=O)COC(=O)CCc2nc3ccccc3c(=O)[nH]2)c1. The molecule has 2 aromatic carbocycles. The molecule has 0 radical (unpaired) electrons. The fourth-order valence-corrected chi connectivity index (χ4v) is 2.80. The van der Waals surface area contributed by atoms with Crippen molar-refractivity contribution in [1.29, 1.82) is 0 Å². The van der Waals surface area contributed by atoms with Crippen LogP contribution in [0, 0.1) is 0 Å². The number of fused-ring (bicyclic) bond motifs is 1. The molecule has 0 aliphatic heterocycles. The molecule has 150 valence electrons. The minimum Gasteiger partial charge on any atom is -0.497 e. The Kier molecular flexibility index (Phi) is 6.23. The highest BCUT2D eigenvalue weighted by Gasteiger charge is 2.16. The second-order valence-electron chi connectivity index (χ2n) is 6.18. The van der Waals surface area contributed by atoms with Crippen LogP contribution in [-0.4, -0.2) is 42.5 Å². The third kappa shape index (κ3) is 4.78. The Morgan fingerprint density at radius 2 is 1.86 bits per heavy atom. The summed E-state index contributed by atoms with van der Waals surface area (Å²) in [6.45, 7) is -0.427. The Balaban J connectivity index is 1.59. The summed E-state index contributed by atoms with van der Waals surface area (Å²) in [5.74, 6) is 0.255. The molecule has 3 rings (SSSR count). The minimum absolute atomic E-state index is 0.0240. The van der Waals surface area contributed by atoms with Crippen LogP contribution in [0.5, 0.6) is 11.5 Å². The molecule has 0 aliphatic carbocycles. The number of hydrogen-bond donors (Lipinski definition) is 1. The van der Waals surface area contributed by atoms with E-state index in [0.717, 1.165) is 0 Å². The van der Waals surface area contributed by atoms with Crippen molar-refractivity contribution in [2.24, 2.45) is 0 Å². The number of ether oxygens (including phenoxy) is 3. The number of esters is 1. The van der Waals surface area contributed by atoms with Gasteiger partial charge in [-0.15, -0.1) is 0 Å². The van der Waals surface area contributed by atoms with Gasteiger partial charge in [0.25, 0.3) is 5.56 Å². The van der Waals surface area contributed by atoms with Gasteiger partial charge in [-0.2, -0.15) is 0 Å². The van der Waals surface area contributed by atoms with Crippen molar-refractivity contribution < 1.29 is 23.8 Å². The lowest BCUT2D eigenvalue weighted by Crippen LogP contribution is -2.17. The van der Waals surface area contributed by atoms with Gasteiger partial charge in [0.15, 0.2) is 6.61 Å². The largest absolute Gasteiger partial charge is 0.497 e. The van der Waals surface area contributed by atoms with Gasteiger partial charge in [0.2, 0.25) is 5.78 Å². The van der Waals surface area contributed by atoms with Crippen molar-refractivity contribution in [3.8, 4) is 11.5 Å². The zero-order chi connectivity index (χ0) is 20.8. The number of hydrogen-bond acceptors (Lipinski definition) is 7. The summed E-state index contributed by atoms with van der Waals surface area (Å²) in [6.07, 6.45) is 0.166. The van der Waals surface area contributed by atoms with E-state index in [1.165, 1.54) is 20.3 Å². The lowest BCUT2D eigenvalue weighted by atomic mass is 10.1. The first kappa shape index (κ1) is 20.1. The molecule has 0 unspecified atom stereocenters. The lowest BCUT2D eigenvalue weighted by Gasteiger charge is -2.10. The predicted octanol–water partition coefficient (Wildman–Crippen LogP) is 2.30. The average molecular weight is 396 g/mol. The smallest absolute Gasteiger partial charge is 0.306 e. The Labute approximate surface area is 166 Å². The summed E-state index contributed by atoms with van der Waals surface area (Å²) >= 11 is 0. The number of ketones is 1. The Morgan fingerprint density at radius 3 is 2.62 bits per heavy atom. The second-order valence-corrected chi connectivity index (χ2v) is 6.18. The maximum absolute atomic E-state index is 12.4. The van der Waals surface area contributed by atoms with Crippen LogP contribution in [0.25, 0.3) is 10.9 Å². The fourth-order valence-electron chi connectivity index (χ4n) is 2.80. The van der Waals surface area contributed by atoms with Gasteiger partial charge in [-0.1, -0.05) is 12.1 Å². The number of rotatable bonds is 8. The highest BCUT2D eigenvalue weighted by molar-refractivity contribution is 6.00. The van der Waals surface area contributed by atoms with E-state index in [0.29, 0.717) is 28.2 Å². The molecular formula is C21H20N2O6. The van der Waals surface area contributed by atoms with Crippen LogP contribution in [-0.2, 0) is 16.0 Å². The number of nitrogens with zero attached hydrogens (tertiary/aromatic N) is 1. The molecule has 0 aliphatic rings. The Hall–Kier alpha value is -3.68. The third-order valence-corrected chi connectivity index (χ3v) is 4.30. The molecule has 8 heteroatoms. The van der Waals surface area contributed by atoms with E-state index in [1.807, 2.05) is 0 Å². The van der Waals surface area contributed by atoms with Gasteiger partial charge >= 0.3 is 5.97 Å². The molecule has 1 aromatic heterocycles. The van der Waals surface area contributed by atoms with E-state index in [1.54, 1.807) is 36.4 Å². The second kappa shape index (κ2) is 9.01. The summed E-state index contributed by atoms with van der Waals surface area (Å²) in [5, 5.41) is 0.483. The first-order valence-electron chi connectivity index (χ1n) is 8.90. The monoisotopic (exact) mass is 396 g/mol. The van der Waals surface area contributed by atoms with Gasteiger partial charge in [-0.3, -0.25) is 14.4 Å². The molecule has 0 saturated carbocycles. The Bertz CT molecular complexity index is 1110. The number of benzene rings is 2. The molecule has 0 fully saturated rings. The van der Waals surface area contributed by atoms with E-state index in [-0.39, 0.29) is 24.0 Å². The number of Topliss-reactive ketones (excluding diaryl/α,β-unsaturated/α-hetero) is 1. The van der Waals surface area contributed by atoms with Crippen LogP contribution >= 0.6 is 0 Å². The van der Waals surface area contributed by atoms with Crippen molar-refractivity contribution >= 4 is 22.7 Å². The maximum atomic E-state index is 12.4. The van der Waals surface area contributed by atoms with E-state index in [2.05, 4.69) is 9.97 Å². The molecule has 0 saturated heterocycles. The number of para-hydroxylation sites is 1.